The average molecular weight is 437 g/mol. The van der Waals surface area contributed by atoms with E-state index in [1.807, 2.05) is 0 Å². The van der Waals surface area contributed by atoms with Crippen LogP contribution in [-0.4, -0.2) is 23.8 Å². The van der Waals surface area contributed by atoms with Gasteiger partial charge in [0, 0.05) is 17.5 Å². The van der Waals surface area contributed by atoms with Crippen LogP contribution in [0.1, 0.15) is 17.0 Å². The summed E-state index contributed by atoms with van der Waals surface area (Å²) in [5.41, 5.74) is -0.691. The summed E-state index contributed by atoms with van der Waals surface area (Å²) in [5.74, 6) is -2.87. The second kappa shape index (κ2) is 6.65. The monoisotopic (exact) mass is 436 g/mol. The Morgan fingerprint density at radius 1 is 1.21 bits per heavy atom. The van der Waals surface area contributed by atoms with Crippen LogP contribution in [0.25, 0.3) is 0 Å². The van der Waals surface area contributed by atoms with Crippen LogP contribution in [0.4, 0.5) is 22.0 Å². The molecule has 0 aromatic heterocycles. The van der Waals surface area contributed by atoms with Crippen LogP contribution < -0.4 is 14.2 Å². The lowest BCUT2D eigenvalue weighted by atomic mass is 10.1. The minimum Gasteiger partial charge on any atom is -0.488 e. The molecule has 5 nitrogen and oxygen atoms in total. The first-order chi connectivity index (χ1) is 13.6. The Kier molecular flexibility index (Phi) is 4.49. The molecule has 2 aliphatic rings. The van der Waals surface area contributed by atoms with E-state index in [2.05, 4.69) is 4.74 Å². The second-order valence-electron chi connectivity index (χ2n) is 6.40. The molecule has 11 heteroatoms. The first-order valence-corrected chi connectivity index (χ1v) is 8.51. The molecule has 0 saturated heterocycles. The van der Waals surface area contributed by atoms with Crippen molar-refractivity contribution in [2.24, 2.45) is 5.92 Å². The minimum absolute atomic E-state index is 0.0619. The largest absolute Gasteiger partial charge is 0.488 e. The normalized spacial score (nSPS) is 22.0. The minimum atomic E-state index is -4.88. The Balaban J connectivity index is 1.63. The molecule has 4 rings (SSSR count). The topological polar surface area (TPSA) is 65.0 Å². The van der Waals surface area contributed by atoms with E-state index in [0.717, 1.165) is 6.07 Å². The Bertz CT molecular complexity index is 993. The highest BCUT2D eigenvalue weighted by Crippen LogP contribution is 2.59. The third-order valence-corrected chi connectivity index (χ3v) is 5.02. The van der Waals surface area contributed by atoms with Crippen LogP contribution in [0, 0.1) is 5.92 Å². The highest BCUT2D eigenvalue weighted by Gasteiger charge is 2.63. The number of halogens is 6. The van der Waals surface area contributed by atoms with Crippen molar-refractivity contribution < 1.29 is 46.1 Å². The molecule has 29 heavy (non-hydrogen) atoms. The second-order valence-corrected chi connectivity index (χ2v) is 6.78. The van der Waals surface area contributed by atoms with Crippen molar-refractivity contribution in [1.82, 2.24) is 0 Å². The molecule has 1 saturated carbocycles. The number of hydrogen-bond acceptors (Lipinski definition) is 4. The maximum atomic E-state index is 13.0. The lowest BCUT2D eigenvalue weighted by Crippen LogP contribution is -2.10. The fraction of sp³-hybridized carbons (Fsp3) is 0.278. The Hall–Kier alpha value is -2.75. The summed E-state index contributed by atoms with van der Waals surface area (Å²) in [6.45, 7) is -3.43. The quantitative estimate of drug-likeness (QED) is 0.643. The number of rotatable bonds is 5. The Morgan fingerprint density at radius 2 is 1.93 bits per heavy atom. The maximum Gasteiger partial charge on any atom is 0.417 e. The predicted octanol–water partition coefficient (Wildman–Crippen LogP) is 5.31. The molecule has 3 atom stereocenters. The van der Waals surface area contributed by atoms with Gasteiger partial charge >= 0.3 is 18.8 Å². The molecule has 154 valence electrons. The van der Waals surface area contributed by atoms with Crippen molar-refractivity contribution >= 4 is 17.6 Å². The van der Waals surface area contributed by atoms with Gasteiger partial charge < -0.3 is 19.3 Å². The average Bonchev–Trinajstić information content (AvgIpc) is 3.20. The van der Waals surface area contributed by atoms with Crippen molar-refractivity contribution in [3.05, 3.63) is 46.5 Å². The Morgan fingerprint density at radius 3 is 2.55 bits per heavy atom. The lowest BCUT2D eigenvalue weighted by molar-refractivity contribution is -0.139. The summed E-state index contributed by atoms with van der Waals surface area (Å²) in [6.07, 6.45) is -5.37. The molecule has 2 aromatic carbocycles. The number of carboxylic acid groups (broad SMARTS) is 1. The third-order valence-electron chi connectivity index (χ3n) is 4.65. The zero-order valence-electron chi connectivity index (χ0n) is 14.0. The van der Waals surface area contributed by atoms with Gasteiger partial charge in [0.15, 0.2) is 11.5 Å². The molecule has 0 amide bonds. The molecule has 0 spiro atoms. The highest BCUT2D eigenvalue weighted by molar-refractivity contribution is 6.33. The first-order valence-electron chi connectivity index (χ1n) is 8.13. The van der Waals surface area contributed by atoms with Gasteiger partial charge in [-0.3, -0.25) is 4.79 Å². The summed E-state index contributed by atoms with van der Waals surface area (Å²) < 4.78 is 79.4. The van der Waals surface area contributed by atoms with E-state index in [1.165, 1.54) is 12.1 Å². The van der Waals surface area contributed by atoms with Crippen molar-refractivity contribution in [3.63, 3.8) is 0 Å². The van der Waals surface area contributed by atoms with Gasteiger partial charge in [-0.15, -0.1) is 0 Å². The van der Waals surface area contributed by atoms with Crippen LogP contribution in [0.3, 0.4) is 0 Å². The van der Waals surface area contributed by atoms with Gasteiger partial charge in [0.25, 0.3) is 0 Å². The number of benzene rings is 2. The van der Waals surface area contributed by atoms with Gasteiger partial charge in [-0.1, -0.05) is 17.7 Å². The van der Waals surface area contributed by atoms with E-state index < -0.39 is 52.9 Å². The van der Waals surface area contributed by atoms with Crippen molar-refractivity contribution in [2.45, 2.75) is 24.8 Å². The predicted molar refractivity (Wildman–Crippen MR) is 87.9 cm³/mol. The first kappa shape index (κ1) is 19.6. The van der Waals surface area contributed by atoms with Crippen LogP contribution in [0.2, 0.25) is 5.02 Å². The van der Waals surface area contributed by atoms with Gasteiger partial charge in [0.2, 0.25) is 0 Å². The van der Waals surface area contributed by atoms with Crippen LogP contribution in [0.5, 0.6) is 23.0 Å². The molecule has 1 heterocycles. The van der Waals surface area contributed by atoms with E-state index in [9.17, 15) is 26.7 Å². The molecule has 1 N–H and O–H groups in total. The molecule has 1 aliphatic carbocycles. The van der Waals surface area contributed by atoms with Gasteiger partial charge in [-0.25, -0.2) is 0 Å². The summed E-state index contributed by atoms with van der Waals surface area (Å²) in [7, 11) is 0. The molecule has 3 unspecified atom stereocenters. The van der Waals surface area contributed by atoms with Gasteiger partial charge in [0.05, 0.1) is 10.6 Å². The van der Waals surface area contributed by atoms with E-state index in [-0.39, 0.29) is 11.7 Å². The number of hydrogen-bond donors (Lipinski definition) is 1. The van der Waals surface area contributed by atoms with E-state index in [4.69, 9.17) is 26.2 Å². The molecular weight excluding hydrogens is 427 g/mol. The molecular formula is C18H10ClF5O5. The van der Waals surface area contributed by atoms with Gasteiger partial charge in [-0.2, -0.15) is 22.0 Å². The number of aliphatic carboxylic acids is 1. The summed E-state index contributed by atoms with van der Waals surface area (Å²) in [5, 5.41) is 8.01. The zero-order valence-corrected chi connectivity index (χ0v) is 14.8. The van der Waals surface area contributed by atoms with Crippen LogP contribution >= 0.6 is 11.6 Å². The van der Waals surface area contributed by atoms with Crippen molar-refractivity contribution in [1.29, 1.82) is 0 Å². The van der Waals surface area contributed by atoms with Crippen molar-refractivity contribution in [2.75, 3.05) is 0 Å². The highest BCUT2D eigenvalue weighted by atomic mass is 35.5. The number of ether oxygens (including phenoxy) is 3. The van der Waals surface area contributed by atoms with Gasteiger partial charge in [-0.05, 0) is 18.2 Å². The molecule has 2 aromatic rings. The summed E-state index contributed by atoms with van der Waals surface area (Å²) in [4.78, 5) is 11.1. The van der Waals surface area contributed by atoms with E-state index >= 15 is 0 Å². The Labute approximate surface area is 164 Å². The van der Waals surface area contributed by atoms with E-state index in [1.54, 1.807) is 6.07 Å². The smallest absolute Gasteiger partial charge is 0.417 e. The number of alkyl halides is 5. The van der Waals surface area contributed by atoms with Crippen molar-refractivity contribution in [3.8, 4) is 23.0 Å². The van der Waals surface area contributed by atoms with E-state index in [0.29, 0.717) is 17.4 Å². The number of carboxylic acids is 1. The van der Waals surface area contributed by atoms with Crippen LogP contribution in [-0.2, 0) is 11.0 Å². The molecule has 0 bridgehead atoms. The fourth-order valence-corrected chi connectivity index (χ4v) is 3.67. The SMILES string of the molecule is O=C(O)C1C2Oc3cc(Oc4ccc(C(F)(F)F)c(Cl)c4OC(F)F)ccc3C21. The maximum absolute atomic E-state index is 13.0. The lowest BCUT2D eigenvalue weighted by Gasteiger charge is -2.17. The zero-order chi connectivity index (χ0) is 21.1. The molecule has 1 fully saturated rings. The number of carbonyl (C=O) groups is 1. The number of fused-ring (bicyclic) bond motifs is 3. The standard InChI is InChI=1S/C18H10ClF5O5/c19-13-8(18(22,23)24)3-4-9(14(13)29-17(20)21)27-6-1-2-7-10(5-6)28-15-11(7)12(15)16(25)26/h1-5,11-12,15,17H,(H,25,26). The van der Waals surface area contributed by atoms with Gasteiger partial charge in [0.1, 0.15) is 23.5 Å². The van der Waals surface area contributed by atoms with Crippen LogP contribution in [0.15, 0.2) is 30.3 Å². The molecule has 0 radical (unpaired) electrons. The summed E-state index contributed by atoms with van der Waals surface area (Å²) >= 11 is 5.63. The fourth-order valence-electron chi connectivity index (χ4n) is 3.36. The molecule has 1 aliphatic heterocycles. The summed E-state index contributed by atoms with van der Waals surface area (Å²) in [6, 6.07) is 5.76. The third kappa shape index (κ3) is 3.41.